The molecule has 2 aromatic carbocycles. The van der Waals surface area contributed by atoms with Crippen LogP contribution in [-0.4, -0.2) is 10.9 Å². The van der Waals surface area contributed by atoms with Crippen molar-refractivity contribution in [2.75, 3.05) is 11.5 Å². The van der Waals surface area contributed by atoms with Crippen LogP contribution in [0, 0.1) is 11.8 Å². The smallest absolute Gasteiger partial charge is 0.185 e. The van der Waals surface area contributed by atoms with E-state index in [2.05, 4.69) is 17.9 Å². The molecule has 0 saturated heterocycles. The van der Waals surface area contributed by atoms with Gasteiger partial charge in [0, 0.05) is 30.3 Å². The van der Waals surface area contributed by atoms with E-state index in [0.29, 0.717) is 0 Å². The zero-order valence-corrected chi connectivity index (χ0v) is 11.6. The van der Waals surface area contributed by atoms with E-state index < -0.39 is 0 Å². The Bertz CT molecular complexity index is 667. The number of carbonyl (C=O) groups excluding carboxylic acids is 1. The Hall–Kier alpha value is -1.92. The number of carbonyl (C=O) groups is 1. The quantitative estimate of drug-likeness (QED) is 0.516. The van der Waals surface area contributed by atoms with Crippen LogP contribution in [0.5, 0.6) is 0 Å². The first-order valence-corrected chi connectivity index (χ1v) is 7.05. The molecule has 2 N–H and O–H groups in total. The summed E-state index contributed by atoms with van der Waals surface area (Å²) in [7, 11) is 0. The van der Waals surface area contributed by atoms with Crippen molar-refractivity contribution in [3.05, 3.63) is 42.0 Å². The Morgan fingerprint density at radius 2 is 1.95 bits per heavy atom. The van der Waals surface area contributed by atoms with Gasteiger partial charge in [0.1, 0.15) is 0 Å². The maximum absolute atomic E-state index is 10.8. The van der Waals surface area contributed by atoms with Crippen LogP contribution < -0.4 is 5.73 Å². The Kier molecular flexibility index (Phi) is 4.48. The third-order valence-electron chi connectivity index (χ3n) is 2.63. The molecule has 19 heavy (non-hydrogen) atoms. The van der Waals surface area contributed by atoms with Gasteiger partial charge < -0.3 is 5.73 Å². The molecule has 0 aliphatic carbocycles. The number of anilines is 1. The van der Waals surface area contributed by atoms with Crippen LogP contribution in [-0.2, 0) is 4.79 Å². The molecular weight excluding hydrogens is 254 g/mol. The van der Waals surface area contributed by atoms with Crippen molar-refractivity contribution in [3.8, 4) is 11.8 Å². The fourth-order valence-corrected chi connectivity index (χ4v) is 2.24. The second-order valence-corrected chi connectivity index (χ2v) is 5.49. The van der Waals surface area contributed by atoms with Gasteiger partial charge in [-0.1, -0.05) is 35.7 Å². The lowest BCUT2D eigenvalue weighted by Gasteiger charge is -2.00. The Morgan fingerprint density at radius 1 is 1.21 bits per heavy atom. The molecule has 0 fully saturated rings. The van der Waals surface area contributed by atoms with E-state index in [1.807, 2.05) is 30.3 Å². The highest BCUT2D eigenvalue weighted by Crippen LogP contribution is 2.18. The number of hydrogen-bond acceptors (Lipinski definition) is 3. The lowest BCUT2D eigenvalue weighted by Crippen LogP contribution is -1.85. The number of nitrogen functional groups attached to an aromatic ring is 1. The van der Waals surface area contributed by atoms with Crippen LogP contribution >= 0.6 is 11.8 Å². The van der Waals surface area contributed by atoms with Crippen LogP contribution in [0.3, 0.4) is 0 Å². The Balaban J connectivity index is 2.07. The van der Waals surface area contributed by atoms with Gasteiger partial charge in [0.05, 0.1) is 0 Å². The van der Waals surface area contributed by atoms with E-state index in [-0.39, 0.29) is 5.12 Å². The van der Waals surface area contributed by atoms with E-state index in [0.717, 1.165) is 34.2 Å². The molecule has 2 rings (SSSR count). The number of rotatable bonds is 2. The number of hydrogen-bond donors (Lipinski definition) is 1. The monoisotopic (exact) mass is 269 g/mol. The van der Waals surface area contributed by atoms with Crippen LogP contribution in [0.2, 0.25) is 0 Å². The van der Waals surface area contributed by atoms with Crippen molar-refractivity contribution in [2.24, 2.45) is 0 Å². The molecule has 0 bridgehead atoms. The highest BCUT2D eigenvalue weighted by atomic mass is 32.2. The van der Waals surface area contributed by atoms with E-state index in [9.17, 15) is 4.79 Å². The summed E-state index contributed by atoms with van der Waals surface area (Å²) in [5.74, 6) is 6.96. The van der Waals surface area contributed by atoms with Crippen LogP contribution in [0.25, 0.3) is 10.8 Å². The summed E-state index contributed by atoms with van der Waals surface area (Å²) >= 11 is 1.32. The predicted molar refractivity (Wildman–Crippen MR) is 83.0 cm³/mol. The minimum atomic E-state index is 0.144. The molecule has 0 amide bonds. The Morgan fingerprint density at radius 3 is 2.74 bits per heavy atom. The van der Waals surface area contributed by atoms with Crippen LogP contribution in [0.15, 0.2) is 36.4 Å². The van der Waals surface area contributed by atoms with Gasteiger partial charge in [0.2, 0.25) is 0 Å². The molecular formula is C16H15NOS. The molecule has 0 aliphatic rings. The second-order valence-electron chi connectivity index (χ2n) is 4.21. The summed E-state index contributed by atoms with van der Waals surface area (Å²) in [4.78, 5) is 10.8. The second kappa shape index (κ2) is 6.31. The summed E-state index contributed by atoms with van der Waals surface area (Å²) in [6, 6.07) is 11.9. The number of benzene rings is 2. The van der Waals surface area contributed by atoms with Gasteiger partial charge in [-0.3, -0.25) is 4.79 Å². The molecule has 0 spiro atoms. The van der Waals surface area contributed by atoms with Crippen molar-refractivity contribution in [3.63, 3.8) is 0 Å². The van der Waals surface area contributed by atoms with E-state index >= 15 is 0 Å². The third-order valence-corrected chi connectivity index (χ3v) is 3.44. The standard InChI is InChI=1S/C16H15NOS/c1-12(18)19-9-3-2-4-13-5-6-15-11-16(17)8-7-14(15)10-13/h5-8,10-11H,3,9,17H2,1H3. The number of nitrogens with two attached hydrogens (primary N) is 1. The first-order chi connectivity index (χ1) is 9.15. The summed E-state index contributed by atoms with van der Waals surface area (Å²) in [6.45, 7) is 1.58. The van der Waals surface area contributed by atoms with Crippen molar-refractivity contribution in [2.45, 2.75) is 13.3 Å². The van der Waals surface area contributed by atoms with Crippen molar-refractivity contribution in [1.82, 2.24) is 0 Å². The zero-order valence-electron chi connectivity index (χ0n) is 10.8. The molecule has 96 valence electrons. The van der Waals surface area contributed by atoms with Crippen molar-refractivity contribution < 1.29 is 4.79 Å². The molecule has 0 saturated carbocycles. The molecule has 0 aromatic heterocycles. The average Bonchev–Trinajstić information content (AvgIpc) is 2.38. The highest BCUT2D eigenvalue weighted by molar-refractivity contribution is 8.13. The van der Waals surface area contributed by atoms with E-state index in [1.165, 1.54) is 11.8 Å². The van der Waals surface area contributed by atoms with Gasteiger partial charge in [-0.05, 0) is 35.0 Å². The molecule has 0 unspecified atom stereocenters. The van der Waals surface area contributed by atoms with Crippen LogP contribution in [0.1, 0.15) is 18.9 Å². The average molecular weight is 269 g/mol. The largest absolute Gasteiger partial charge is 0.399 e. The van der Waals surface area contributed by atoms with Crippen molar-refractivity contribution in [1.29, 1.82) is 0 Å². The summed E-state index contributed by atoms with van der Waals surface area (Å²) < 4.78 is 0. The topological polar surface area (TPSA) is 43.1 Å². The van der Waals surface area contributed by atoms with Gasteiger partial charge in [0.15, 0.2) is 5.12 Å². The summed E-state index contributed by atoms with van der Waals surface area (Å²) in [5.41, 5.74) is 7.50. The molecule has 2 aromatic rings. The lowest BCUT2D eigenvalue weighted by atomic mass is 10.1. The fourth-order valence-electron chi connectivity index (χ4n) is 1.75. The van der Waals surface area contributed by atoms with E-state index in [4.69, 9.17) is 5.73 Å². The van der Waals surface area contributed by atoms with E-state index in [1.54, 1.807) is 6.92 Å². The van der Waals surface area contributed by atoms with Crippen molar-refractivity contribution >= 4 is 33.3 Å². The first kappa shape index (κ1) is 13.5. The van der Waals surface area contributed by atoms with Gasteiger partial charge in [-0.2, -0.15) is 0 Å². The minimum absolute atomic E-state index is 0.144. The third kappa shape index (κ3) is 4.04. The normalized spacial score (nSPS) is 9.95. The fraction of sp³-hybridized carbons (Fsp3) is 0.188. The maximum Gasteiger partial charge on any atom is 0.185 e. The van der Waals surface area contributed by atoms with Gasteiger partial charge in [-0.15, -0.1) is 0 Å². The predicted octanol–water partition coefficient (Wildman–Crippen LogP) is 3.44. The molecule has 0 aliphatic heterocycles. The molecule has 0 atom stereocenters. The number of thioether (sulfide) groups is 1. The summed E-state index contributed by atoms with van der Waals surface area (Å²) in [5, 5.41) is 2.40. The molecule has 0 heterocycles. The highest BCUT2D eigenvalue weighted by Gasteiger charge is 1.95. The molecule has 2 nitrogen and oxygen atoms in total. The minimum Gasteiger partial charge on any atom is -0.399 e. The van der Waals surface area contributed by atoms with Gasteiger partial charge >= 0.3 is 0 Å². The Labute approximate surface area is 117 Å². The zero-order chi connectivity index (χ0) is 13.7. The summed E-state index contributed by atoms with van der Waals surface area (Å²) in [6.07, 6.45) is 0.726. The molecule has 3 heteroatoms. The molecule has 0 radical (unpaired) electrons. The van der Waals surface area contributed by atoms with Crippen LogP contribution in [0.4, 0.5) is 5.69 Å². The number of fused-ring (bicyclic) bond motifs is 1. The lowest BCUT2D eigenvalue weighted by molar-refractivity contribution is -0.109. The van der Waals surface area contributed by atoms with Gasteiger partial charge in [-0.25, -0.2) is 0 Å². The maximum atomic E-state index is 10.8. The SMILES string of the molecule is CC(=O)SCCC#Cc1ccc2cc(N)ccc2c1. The first-order valence-electron chi connectivity index (χ1n) is 6.07. The van der Waals surface area contributed by atoms with Gasteiger partial charge in [0.25, 0.3) is 0 Å².